The average Bonchev–Trinajstić information content (AvgIpc) is 2.95. The average molecular weight is 301 g/mol. The zero-order valence-corrected chi connectivity index (χ0v) is 13.0. The highest BCUT2D eigenvalue weighted by Gasteiger charge is 2.13. The molecule has 0 spiro atoms. The van der Waals surface area contributed by atoms with Crippen LogP contribution in [-0.2, 0) is 6.54 Å². The highest BCUT2D eigenvalue weighted by molar-refractivity contribution is 5.68. The molecule has 1 aromatic heterocycles. The molecule has 2 aromatic rings. The van der Waals surface area contributed by atoms with Crippen LogP contribution in [0.4, 0.5) is 0 Å². The first kappa shape index (κ1) is 14.9. The number of rotatable bonds is 5. The summed E-state index contributed by atoms with van der Waals surface area (Å²) in [6.07, 6.45) is 5.85. The molecule has 0 aliphatic carbocycles. The molecular weight excluding hydrogens is 278 g/mol. The Labute approximate surface area is 131 Å². The molecule has 0 unspecified atom stereocenters. The summed E-state index contributed by atoms with van der Waals surface area (Å²) in [5.74, 6) is 0.893. The molecule has 22 heavy (non-hydrogen) atoms. The van der Waals surface area contributed by atoms with Crippen molar-refractivity contribution >= 4 is 0 Å². The van der Waals surface area contributed by atoms with E-state index in [2.05, 4.69) is 10.00 Å². The number of benzene rings is 1. The predicted molar refractivity (Wildman–Crippen MR) is 86.2 cm³/mol. The van der Waals surface area contributed by atoms with Crippen molar-refractivity contribution in [2.75, 3.05) is 26.7 Å². The smallest absolute Gasteiger partial charge is 0.238 e. The van der Waals surface area contributed by atoms with Gasteiger partial charge in [0.2, 0.25) is 5.88 Å². The van der Waals surface area contributed by atoms with Gasteiger partial charge in [-0.25, -0.2) is 0 Å². The van der Waals surface area contributed by atoms with Crippen LogP contribution in [0.2, 0.25) is 0 Å². The summed E-state index contributed by atoms with van der Waals surface area (Å²) in [6, 6.07) is 7.65. The Morgan fingerprint density at radius 3 is 2.50 bits per heavy atom. The van der Waals surface area contributed by atoms with Crippen molar-refractivity contribution in [2.45, 2.75) is 25.8 Å². The van der Waals surface area contributed by atoms with Crippen LogP contribution in [0.3, 0.4) is 0 Å². The van der Waals surface area contributed by atoms with Gasteiger partial charge in [0.1, 0.15) is 5.75 Å². The van der Waals surface area contributed by atoms with E-state index in [0.29, 0.717) is 0 Å². The highest BCUT2D eigenvalue weighted by atomic mass is 16.5. The summed E-state index contributed by atoms with van der Waals surface area (Å²) in [6.45, 7) is 4.16. The molecule has 1 fully saturated rings. The summed E-state index contributed by atoms with van der Waals surface area (Å²) in [4.78, 5) is 2.47. The van der Waals surface area contributed by atoms with Crippen molar-refractivity contribution in [1.82, 2.24) is 14.7 Å². The van der Waals surface area contributed by atoms with E-state index in [-0.39, 0.29) is 5.88 Å². The second kappa shape index (κ2) is 6.83. The summed E-state index contributed by atoms with van der Waals surface area (Å²) in [5.41, 5.74) is 1.71. The van der Waals surface area contributed by atoms with Gasteiger partial charge < -0.3 is 14.7 Å². The molecule has 1 aliphatic heterocycles. The van der Waals surface area contributed by atoms with Crippen molar-refractivity contribution in [3.05, 3.63) is 30.5 Å². The minimum Gasteiger partial charge on any atom is -0.497 e. The van der Waals surface area contributed by atoms with Crippen molar-refractivity contribution in [1.29, 1.82) is 0 Å². The zero-order chi connectivity index (χ0) is 15.4. The molecule has 5 nitrogen and oxygen atoms in total. The molecule has 1 aromatic carbocycles. The minimum absolute atomic E-state index is 0.0869. The Morgan fingerprint density at radius 1 is 1.09 bits per heavy atom. The van der Waals surface area contributed by atoms with E-state index in [9.17, 15) is 5.11 Å². The van der Waals surface area contributed by atoms with Gasteiger partial charge in [-0.15, -0.1) is 5.10 Å². The molecule has 118 valence electrons. The van der Waals surface area contributed by atoms with Gasteiger partial charge in [-0.05, 0) is 43.6 Å². The van der Waals surface area contributed by atoms with Gasteiger partial charge in [-0.1, -0.05) is 18.6 Å². The van der Waals surface area contributed by atoms with E-state index >= 15 is 0 Å². The maximum Gasteiger partial charge on any atom is 0.238 e. The summed E-state index contributed by atoms with van der Waals surface area (Å²) < 4.78 is 6.99. The lowest BCUT2D eigenvalue weighted by atomic mass is 10.1. The van der Waals surface area contributed by atoms with Crippen LogP contribution in [0.1, 0.15) is 19.3 Å². The van der Waals surface area contributed by atoms with Gasteiger partial charge in [0.25, 0.3) is 0 Å². The molecule has 0 saturated carbocycles. The van der Waals surface area contributed by atoms with Crippen LogP contribution < -0.4 is 4.74 Å². The van der Waals surface area contributed by atoms with Gasteiger partial charge >= 0.3 is 0 Å². The number of nitrogens with zero attached hydrogens (tertiary/aromatic N) is 3. The molecule has 0 atom stereocenters. The van der Waals surface area contributed by atoms with Crippen LogP contribution in [0.25, 0.3) is 11.1 Å². The molecule has 5 heteroatoms. The van der Waals surface area contributed by atoms with E-state index in [0.717, 1.165) is 30.0 Å². The SMILES string of the molecule is COc1ccc(-c2cn(CCN3CCCCC3)nc2O)cc1. The number of aromatic nitrogens is 2. The first-order chi connectivity index (χ1) is 10.8. The number of piperidine rings is 1. The molecule has 2 heterocycles. The fourth-order valence-electron chi connectivity index (χ4n) is 2.93. The first-order valence-electron chi connectivity index (χ1n) is 7.89. The second-order valence-corrected chi connectivity index (χ2v) is 5.76. The largest absolute Gasteiger partial charge is 0.497 e. The molecule has 0 radical (unpaired) electrons. The van der Waals surface area contributed by atoms with Crippen LogP contribution >= 0.6 is 0 Å². The quantitative estimate of drug-likeness (QED) is 0.922. The molecule has 1 aliphatic rings. The van der Waals surface area contributed by atoms with E-state index < -0.39 is 0 Å². The zero-order valence-electron chi connectivity index (χ0n) is 13.0. The third-order valence-corrected chi connectivity index (χ3v) is 4.24. The van der Waals surface area contributed by atoms with Crippen molar-refractivity contribution in [3.8, 4) is 22.8 Å². The Balaban J connectivity index is 1.67. The first-order valence-corrected chi connectivity index (χ1v) is 7.89. The lowest BCUT2D eigenvalue weighted by Gasteiger charge is -2.26. The summed E-state index contributed by atoms with van der Waals surface area (Å²) in [5, 5.41) is 14.3. The lowest BCUT2D eigenvalue weighted by molar-refractivity contribution is 0.217. The predicted octanol–water partition coefficient (Wildman–Crippen LogP) is 2.75. The second-order valence-electron chi connectivity index (χ2n) is 5.76. The van der Waals surface area contributed by atoms with Crippen molar-refractivity contribution in [2.24, 2.45) is 0 Å². The monoisotopic (exact) mass is 301 g/mol. The molecule has 0 bridgehead atoms. The van der Waals surface area contributed by atoms with E-state index in [1.165, 1.54) is 32.4 Å². The number of hydrogen-bond donors (Lipinski definition) is 1. The number of ether oxygens (including phenoxy) is 1. The van der Waals surface area contributed by atoms with Crippen LogP contribution in [0.5, 0.6) is 11.6 Å². The van der Waals surface area contributed by atoms with Crippen LogP contribution in [0.15, 0.2) is 30.5 Å². The van der Waals surface area contributed by atoms with Crippen molar-refractivity contribution < 1.29 is 9.84 Å². The Hall–Kier alpha value is -2.01. The van der Waals surface area contributed by atoms with Gasteiger partial charge in [-0.2, -0.15) is 0 Å². The van der Waals surface area contributed by atoms with Crippen molar-refractivity contribution in [3.63, 3.8) is 0 Å². The number of methoxy groups -OCH3 is 1. The highest BCUT2D eigenvalue weighted by Crippen LogP contribution is 2.29. The number of hydrogen-bond acceptors (Lipinski definition) is 4. The third kappa shape index (κ3) is 3.42. The normalized spacial score (nSPS) is 15.9. The van der Waals surface area contributed by atoms with Gasteiger partial charge in [0.05, 0.1) is 19.2 Å². The summed E-state index contributed by atoms with van der Waals surface area (Å²) >= 11 is 0. The Bertz CT molecular complexity index is 601. The van der Waals surface area contributed by atoms with Crippen LogP contribution in [0, 0.1) is 0 Å². The van der Waals surface area contributed by atoms with E-state index in [1.807, 2.05) is 35.1 Å². The van der Waals surface area contributed by atoms with E-state index in [4.69, 9.17) is 4.74 Å². The standard InChI is InChI=1S/C17H23N3O2/c1-22-15-7-5-14(6-8-15)16-13-20(18-17(16)21)12-11-19-9-3-2-4-10-19/h5-8,13H,2-4,9-12H2,1H3,(H,18,21). The minimum atomic E-state index is 0.0869. The fourth-order valence-corrected chi connectivity index (χ4v) is 2.93. The maximum absolute atomic E-state index is 10.1. The fraction of sp³-hybridized carbons (Fsp3) is 0.471. The topological polar surface area (TPSA) is 50.5 Å². The Morgan fingerprint density at radius 2 is 1.82 bits per heavy atom. The van der Waals surface area contributed by atoms with Gasteiger partial charge in [0.15, 0.2) is 0 Å². The molecule has 1 saturated heterocycles. The van der Waals surface area contributed by atoms with Gasteiger partial charge in [0, 0.05) is 12.7 Å². The molecule has 0 amide bonds. The number of likely N-dealkylation sites (tertiary alicyclic amines) is 1. The third-order valence-electron chi connectivity index (χ3n) is 4.24. The van der Waals surface area contributed by atoms with Crippen LogP contribution in [-0.4, -0.2) is 46.5 Å². The lowest BCUT2D eigenvalue weighted by Crippen LogP contribution is -2.32. The molecule has 1 N–H and O–H groups in total. The number of aromatic hydroxyl groups is 1. The molecule has 3 rings (SSSR count). The van der Waals surface area contributed by atoms with E-state index in [1.54, 1.807) is 7.11 Å². The Kier molecular flexibility index (Phi) is 4.63. The summed E-state index contributed by atoms with van der Waals surface area (Å²) in [7, 11) is 1.64. The van der Waals surface area contributed by atoms with Gasteiger partial charge in [-0.3, -0.25) is 4.68 Å². The molecular formula is C17H23N3O2. The maximum atomic E-state index is 10.1.